The maximum absolute atomic E-state index is 3.17. The third-order valence-corrected chi connectivity index (χ3v) is 1.89. The van der Waals surface area contributed by atoms with Crippen LogP contribution in [0.15, 0.2) is 36.4 Å². The molecule has 2 heteroatoms. The number of benzene rings is 2. The topological polar surface area (TPSA) is 0 Å². The van der Waals surface area contributed by atoms with Crippen molar-refractivity contribution in [3.8, 4) is 11.1 Å². The molecule has 2 rings (SSSR count). The Labute approximate surface area is 130 Å². The van der Waals surface area contributed by atoms with Crippen LogP contribution >= 0.6 is 0 Å². The van der Waals surface area contributed by atoms with E-state index >= 15 is 0 Å². The van der Waals surface area contributed by atoms with Gasteiger partial charge in [-0.1, -0.05) is 6.92 Å². The van der Waals surface area contributed by atoms with Crippen LogP contribution < -0.4 is 0 Å². The Morgan fingerprint density at radius 1 is 1.00 bits per heavy atom. The van der Waals surface area contributed by atoms with Crippen molar-refractivity contribution in [3.05, 3.63) is 60.2 Å². The summed E-state index contributed by atoms with van der Waals surface area (Å²) in [6.07, 6.45) is 0. The SMILES string of the molecule is Cc1[c-]c[c-]c(-c2[c-]cccc2)c1.[Ir].[Y]. The van der Waals surface area contributed by atoms with Crippen LogP contribution in [0.1, 0.15) is 5.56 Å². The van der Waals surface area contributed by atoms with Crippen LogP contribution in [0.4, 0.5) is 0 Å². The van der Waals surface area contributed by atoms with Gasteiger partial charge in [-0.15, -0.1) is 30.3 Å². The minimum absolute atomic E-state index is 0. The average Bonchev–Trinajstić information content (AvgIpc) is 2.19. The molecule has 0 nitrogen and oxygen atoms in total. The quantitative estimate of drug-likeness (QED) is 0.591. The smallest absolute Gasteiger partial charge is 0 e. The van der Waals surface area contributed by atoms with Crippen LogP contribution in [-0.4, -0.2) is 0 Å². The maximum atomic E-state index is 3.17. The molecular formula is C13H9IrY-3. The Morgan fingerprint density at radius 2 is 1.80 bits per heavy atom. The molecule has 0 aromatic heterocycles. The number of rotatable bonds is 1. The molecule has 2 radical (unpaired) electrons. The van der Waals surface area contributed by atoms with Gasteiger partial charge in [0, 0.05) is 52.8 Å². The summed E-state index contributed by atoms with van der Waals surface area (Å²) in [5, 5.41) is 0. The molecule has 0 heterocycles. The molecule has 2 aromatic carbocycles. The van der Waals surface area contributed by atoms with Gasteiger partial charge in [-0.05, 0) is 0 Å². The van der Waals surface area contributed by atoms with Crippen molar-refractivity contribution in [1.82, 2.24) is 0 Å². The van der Waals surface area contributed by atoms with Crippen molar-refractivity contribution >= 4 is 0 Å². The minimum Gasteiger partial charge on any atom is -0.403 e. The molecule has 0 saturated carbocycles. The summed E-state index contributed by atoms with van der Waals surface area (Å²) in [5.41, 5.74) is 3.29. The van der Waals surface area contributed by atoms with Gasteiger partial charge in [0.2, 0.25) is 0 Å². The first kappa shape index (κ1) is 15.2. The van der Waals surface area contributed by atoms with Crippen LogP contribution in [0.25, 0.3) is 11.1 Å². The Bertz CT molecular complexity index is 398. The predicted molar refractivity (Wildman–Crippen MR) is 53.1 cm³/mol. The van der Waals surface area contributed by atoms with E-state index < -0.39 is 0 Å². The molecule has 0 N–H and O–H groups in total. The third-order valence-electron chi connectivity index (χ3n) is 1.89. The molecule has 15 heavy (non-hydrogen) atoms. The van der Waals surface area contributed by atoms with E-state index in [1.807, 2.05) is 37.3 Å². The van der Waals surface area contributed by atoms with E-state index in [0.29, 0.717) is 0 Å². The van der Waals surface area contributed by atoms with Crippen molar-refractivity contribution < 1.29 is 52.8 Å². The summed E-state index contributed by atoms with van der Waals surface area (Å²) in [6, 6.07) is 21.2. The molecule has 0 spiro atoms. The van der Waals surface area contributed by atoms with Gasteiger partial charge < -0.3 is 29.8 Å². The summed E-state index contributed by atoms with van der Waals surface area (Å²) in [6.45, 7) is 2.03. The molecule has 0 aliphatic rings. The first-order valence-corrected chi connectivity index (χ1v) is 4.23. The van der Waals surface area contributed by atoms with Gasteiger partial charge in [0.1, 0.15) is 0 Å². The van der Waals surface area contributed by atoms with Gasteiger partial charge in [0.05, 0.1) is 0 Å². The fourth-order valence-corrected chi connectivity index (χ4v) is 1.24. The van der Waals surface area contributed by atoms with E-state index in [0.717, 1.165) is 16.7 Å². The van der Waals surface area contributed by atoms with Gasteiger partial charge in [0.25, 0.3) is 0 Å². The Hall–Kier alpha value is 0.193. The first-order valence-electron chi connectivity index (χ1n) is 4.23. The van der Waals surface area contributed by atoms with E-state index in [1.54, 1.807) is 0 Å². The van der Waals surface area contributed by atoms with E-state index in [2.05, 4.69) is 24.3 Å². The molecule has 76 valence electrons. The van der Waals surface area contributed by atoms with Gasteiger partial charge in [-0.3, -0.25) is 5.56 Å². The third kappa shape index (κ3) is 4.28. The van der Waals surface area contributed by atoms with Crippen molar-refractivity contribution in [2.75, 3.05) is 0 Å². The summed E-state index contributed by atoms with van der Waals surface area (Å²) in [5.74, 6) is 0. The Balaban J connectivity index is 0.000000980. The van der Waals surface area contributed by atoms with E-state index in [1.165, 1.54) is 0 Å². The van der Waals surface area contributed by atoms with Gasteiger partial charge >= 0.3 is 0 Å². The molecule has 0 amide bonds. The van der Waals surface area contributed by atoms with Crippen molar-refractivity contribution in [2.45, 2.75) is 6.92 Å². The molecule has 0 saturated heterocycles. The summed E-state index contributed by atoms with van der Waals surface area (Å²) in [7, 11) is 0. The zero-order chi connectivity index (χ0) is 9.10. The normalized spacial score (nSPS) is 8.60. The summed E-state index contributed by atoms with van der Waals surface area (Å²) < 4.78 is 0. The van der Waals surface area contributed by atoms with Crippen molar-refractivity contribution in [2.24, 2.45) is 0 Å². The minimum atomic E-state index is 0. The molecule has 0 unspecified atom stereocenters. The monoisotopic (exact) mass is 447 g/mol. The van der Waals surface area contributed by atoms with Crippen molar-refractivity contribution in [3.63, 3.8) is 0 Å². The zero-order valence-electron chi connectivity index (χ0n) is 8.37. The van der Waals surface area contributed by atoms with Crippen LogP contribution in [0, 0.1) is 25.1 Å². The zero-order valence-corrected chi connectivity index (χ0v) is 13.6. The van der Waals surface area contributed by atoms with E-state index in [9.17, 15) is 0 Å². The van der Waals surface area contributed by atoms with Crippen molar-refractivity contribution in [1.29, 1.82) is 0 Å². The molecule has 2 aromatic rings. The average molecular weight is 446 g/mol. The van der Waals surface area contributed by atoms with Crippen LogP contribution in [0.3, 0.4) is 0 Å². The fraction of sp³-hybridized carbons (Fsp3) is 0.0769. The second-order valence-corrected chi connectivity index (χ2v) is 2.95. The molecule has 0 bridgehead atoms. The summed E-state index contributed by atoms with van der Waals surface area (Å²) >= 11 is 0. The Morgan fingerprint density at radius 3 is 2.40 bits per heavy atom. The van der Waals surface area contributed by atoms with Gasteiger partial charge in [-0.25, -0.2) is 0 Å². The molecule has 0 fully saturated rings. The Kier molecular flexibility index (Phi) is 7.56. The van der Waals surface area contributed by atoms with Gasteiger partial charge in [0.15, 0.2) is 0 Å². The van der Waals surface area contributed by atoms with E-state index in [-0.39, 0.29) is 52.8 Å². The summed E-state index contributed by atoms with van der Waals surface area (Å²) in [4.78, 5) is 0. The number of aryl methyl sites for hydroxylation is 1. The first-order chi connectivity index (χ1) is 6.36. The fourth-order valence-electron chi connectivity index (χ4n) is 1.24. The molecule has 0 atom stereocenters. The van der Waals surface area contributed by atoms with Gasteiger partial charge in [-0.2, -0.15) is 5.56 Å². The maximum Gasteiger partial charge on any atom is 0 e. The van der Waals surface area contributed by atoms with Crippen LogP contribution in [0.5, 0.6) is 0 Å². The number of hydrogen-bond acceptors (Lipinski definition) is 0. The molecule has 0 aliphatic carbocycles. The molecular weight excluding hydrogens is 437 g/mol. The van der Waals surface area contributed by atoms with E-state index in [4.69, 9.17) is 0 Å². The van der Waals surface area contributed by atoms with Crippen LogP contribution in [0.2, 0.25) is 0 Å². The predicted octanol–water partition coefficient (Wildman–Crippen LogP) is 3.06. The second-order valence-electron chi connectivity index (χ2n) is 2.95. The standard InChI is InChI=1S/C13H9.Ir.Y/c1-11-6-5-9-13(10-11)12-7-3-2-4-8-12;;/h2-5,7,10H,1H3;;/q-3;;. The largest absolute Gasteiger partial charge is 0.403 e. The molecule has 0 aliphatic heterocycles. The number of hydrogen-bond donors (Lipinski definition) is 0. The second kappa shape index (κ2) is 7.46. The van der Waals surface area contributed by atoms with Crippen LogP contribution in [-0.2, 0) is 52.8 Å².